The van der Waals surface area contributed by atoms with Crippen LogP contribution in [0.5, 0.6) is 0 Å². The first-order chi connectivity index (χ1) is 8.24. The van der Waals surface area contributed by atoms with Gasteiger partial charge in [0.2, 0.25) is 0 Å². The SMILES string of the molecule is CC1CCOC1C(=O)N1CCCCCC1CBr. The first-order valence-corrected chi connectivity index (χ1v) is 7.84. The molecular weight excluding hydrogens is 282 g/mol. The highest BCUT2D eigenvalue weighted by Gasteiger charge is 2.36. The van der Waals surface area contributed by atoms with E-state index in [0.29, 0.717) is 12.0 Å². The molecule has 98 valence electrons. The molecular formula is C13H22BrNO2. The monoisotopic (exact) mass is 303 g/mol. The van der Waals surface area contributed by atoms with E-state index in [0.717, 1.165) is 37.7 Å². The quantitative estimate of drug-likeness (QED) is 0.734. The predicted molar refractivity (Wildman–Crippen MR) is 71.3 cm³/mol. The lowest BCUT2D eigenvalue weighted by Gasteiger charge is -2.31. The number of hydrogen-bond donors (Lipinski definition) is 0. The van der Waals surface area contributed by atoms with Crippen LogP contribution in [-0.2, 0) is 9.53 Å². The van der Waals surface area contributed by atoms with Gasteiger partial charge < -0.3 is 9.64 Å². The van der Waals surface area contributed by atoms with Crippen molar-refractivity contribution in [1.29, 1.82) is 0 Å². The predicted octanol–water partition coefficient (Wildman–Crippen LogP) is 2.58. The topological polar surface area (TPSA) is 29.5 Å². The van der Waals surface area contributed by atoms with Gasteiger partial charge in [-0.05, 0) is 25.2 Å². The lowest BCUT2D eigenvalue weighted by atomic mass is 10.0. The van der Waals surface area contributed by atoms with Gasteiger partial charge in [0, 0.05) is 24.5 Å². The standard InChI is InChI=1S/C13H22BrNO2/c1-10-6-8-17-12(10)13(16)15-7-4-2-3-5-11(15)9-14/h10-12H,2-9H2,1H3. The van der Waals surface area contributed by atoms with E-state index < -0.39 is 0 Å². The molecule has 2 aliphatic rings. The second kappa shape index (κ2) is 6.19. The van der Waals surface area contributed by atoms with Gasteiger partial charge in [0.1, 0.15) is 6.10 Å². The molecule has 0 aliphatic carbocycles. The van der Waals surface area contributed by atoms with Crippen molar-refractivity contribution in [1.82, 2.24) is 4.90 Å². The highest BCUT2D eigenvalue weighted by molar-refractivity contribution is 9.09. The Morgan fingerprint density at radius 2 is 2.18 bits per heavy atom. The summed E-state index contributed by atoms with van der Waals surface area (Å²) in [7, 11) is 0. The van der Waals surface area contributed by atoms with Gasteiger partial charge >= 0.3 is 0 Å². The van der Waals surface area contributed by atoms with Crippen molar-refractivity contribution >= 4 is 21.8 Å². The lowest BCUT2D eigenvalue weighted by molar-refractivity contribution is -0.144. The van der Waals surface area contributed by atoms with E-state index in [4.69, 9.17) is 4.74 Å². The number of hydrogen-bond acceptors (Lipinski definition) is 2. The van der Waals surface area contributed by atoms with Crippen molar-refractivity contribution < 1.29 is 9.53 Å². The summed E-state index contributed by atoms with van der Waals surface area (Å²) in [6.07, 6.45) is 5.57. The van der Waals surface area contributed by atoms with E-state index in [1.165, 1.54) is 12.8 Å². The molecule has 4 heteroatoms. The molecule has 0 radical (unpaired) electrons. The molecule has 3 nitrogen and oxygen atoms in total. The van der Waals surface area contributed by atoms with Crippen LogP contribution in [0.4, 0.5) is 0 Å². The van der Waals surface area contributed by atoms with Gasteiger partial charge in [-0.3, -0.25) is 4.79 Å². The number of rotatable bonds is 2. The molecule has 2 saturated heterocycles. The summed E-state index contributed by atoms with van der Waals surface area (Å²) in [5.74, 6) is 0.600. The summed E-state index contributed by atoms with van der Waals surface area (Å²) < 4.78 is 5.61. The minimum absolute atomic E-state index is 0.186. The summed E-state index contributed by atoms with van der Waals surface area (Å²) in [4.78, 5) is 14.6. The summed E-state index contributed by atoms with van der Waals surface area (Å²) in [5, 5.41) is 0.889. The summed E-state index contributed by atoms with van der Waals surface area (Å²) in [6, 6.07) is 0.362. The Kier molecular flexibility index (Phi) is 4.86. The van der Waals surface area contributed by atoms with Gasteiger partial charge in [0.15, 0.2) is 0 Å². The average molecular weight is 304 g/mol. The number of ether oxygens (including phenoxy) is 1. The molecule has 0 saturated carbocycles. The van der Waals surface area contributed by atoms with E-state index in [9.17, 15) is 4.79 Å². The van der Waals surface area contributed by atoms with E-state index in [1.54, 1.807) is 0 Å². The number of carbonyl (C=O) groups excluding carboxylic acids is 1. The fraction of sp³-hybridized carbons (Fsp3) is 0.923. The van der Waals surface area contributed by atoms with Crippen LogP contribution in [0.2, 0.25) is 0 Å². The molecule has 3 unspecified atom stereocenters. The van der Waals surface area contributed by atoms with E-state index in [1.807, 2.05) is 0 Å². The van der Waals surface area contributed by atoms with E-state index in [2.05, 4.69) is 27.8 Å². The maximum atomic E-state index is 12.5. The number of amides is 1. The van der Waals surface area contributed by atoms with Crippen LogP contribution < -0.4 is 0 Å². The molecule has 2 heterocycles. The van der Waals surface area contributed by atoms with Crippen molar-refractivity contribution in [2.45, 2.75) is 51.2 Å². The largest absolute Gasteiger partial charge is 0.368 e. The molecule has 0 bridgehead atoms. The van der Waals surface area contributed by atoms with Crippen molar-refractivity contribution in [3.05, 3.63) is 0 Å². The molecule has 0 N–H and O–H groups in total. The van der Waals surface area contributed by atoms with Gasteiger partial charge in [-0.15, -0.1) is 0 Å². The second-order valence-corrected chi connectivity index (χ2v) is 5.89. The number of nitrogens with zero attached hydrogens (tertiary/aromatic N) is 1. The van der Waals surface area contributed by atoms with Crippen LogP contribution in [0.25, 0.3) is 0 Å². The summed E-state index contributed by atoms with van der Waals surface area (Å²) in [5.41, 5.74) is 0. The molecule has 3 atom stereocenters. The third kappa shape index (κ3) is 3.02. The normalized spacial score (nSPS) is 34.7. The molecule has 0 spiro atoms. The first-order valence-electron chi connectivity index (χ1n) is 6.72. The molecule has 2 fully saturated rings. The van der Waals surface area contributed by atoms with Crippen molar-refractivity contribution in [3.8, 4) is 0 Å². The second-order valence-electron chi connectivity index (χ2n) is 5.25. The van der Waals surface area contributed by atoms with Crippen LogP contribution >= 0.6 is 15.9 Å². The lowest BCUT2D eigenvalue weighted by Crippen LogP contribution is -2.47. The van der Waals surface area contributed by atoms with E-state index in [-0.39, 0.29) is 12.0 Å². The zero-order chi connectivity index (χ0) is 12.3. The van der Waals surface area contributed by atoms with Crippen molar-refractivity contribution in [2.75, 3.05) is 18.5 Å². The van der Waals surface area contributed by atoms with E-state index >= 15 is 0 Å². The Balaban J connectivity index is 2.04. The van der Waals surface area contributed by atoms with Crippen LogP contribution in [-0.4, -0.2) is 41.4 Å². The number of likely N-dealkylation sites (tertiary alicyclic amines) is 1. The van der Waals surface area contributed by atoms with Crippen LogP contribution in [0.1, 0.15) is 39.0 Å². The molecule has 2 aliphatic heterocycles. The molecule has 0 aromatic rings. The molecule has 1 amide bonds. The summed E-state index contributed by atoms with van der Waals surface area (Å²) >= 11 is 3.54. The Labute approximate surface area is 112 Å². The van der Waals surface area contributed by atoms with Gasteiger partial charge in [0.05, 0.1) is 0 Å². The smallest absolute Gasteiger partial charge is 0.252 e. The van der Waals surface area contributed by atoms with Crippen molar-refractivity contribution in [3.63, 3.8) is 0 Å². The average Bonchev–Trinajstić information content (AvgIpc) is 2.64. The zero-order valence-corrected chi connectivity index (χ0v) is 12.1. The van der Waals surface area contributed by atoms with Crippen LogP contribution in [0.15, 0.2) is 0 Å². The maximum absolute atomic E-state index is 12.5. The Morgan fingerprint density at radius 1 is 1.35 bits per heavy atom. The third-order valence-electron chi connectivity index (χ3n) is 3.97. The molecule has 17 heavy (non-hydrogen) atoms. The highest BCUT2D eigenvalue weighted by Crippen LogP contribution is 2.26. The third-order valence-corrected chi connectivity index (χ3v) is 4.72. The Bertz CT molecular complexity index is 272. The summed E-state index contributed by atoms with van der Waals surface area (Å²) in [6.45, 7) is 3.77. The van der Waals surface area contributed by atoms with Crippen LogP contribution in [0, 0.1) is 5.92 Å². The minimum Gasteiger partial charge on any atom is -0.368 e. The minimum atomic E-state index is -0.186. The van der Waals surface area contributed by atoms with Gasteiger partial charge in [-0.1, -0.05) is 35.7 Å². The first kappa shape index (κ1) is 13.3. The van der Waals surface area contributed by atoms with Crippen LogP contribution in [0.3, 0.4) is 0 Å². The zero-order valence-electron chi connectivity index (χ0n) is 10.5. The maximum Gasteiger partial charge on any atom is 0.252 e. The highest BCUT2D eigenvalue weighted by atomic mass is 79.9. The number of halogens is 1. The van der Waals surface area contributed by atoms with Gasteiger partial charge in [-0.2, -0.15) is 0 Å². The molecule has 0 aromatic heterocycles. The molecule has 0 aromatic carbocycles. The van der Waals surface area contributed by atoms with Crippen molar-refractivity contribution in [2.24, 2.45) is 5.92 Å². The molecule has 2 rings (SSSR count). The fourth-order valence-corrected chi connectivity index (χ4v) is 3.48. The Hall–Kier alpha value is -0.0900. The van der Waals surface area contributed by atoms with Gasteiger partial charge in [-0.25, -0.2) is 0 Å². The number of carbonyl (C=O) groups is 1. The van der Waals surface area contributed by atoms with Gasteiger partial charge in [0.25, 0.3) is 5.91 Å². The fourth-order valence-electron chi connectivity index (χ4n) is 2.80. The Morgan fingerprint density at radius 3 is 2.82 bits per heavy atom. The number of alkyl halides is 1.